The molecular formula is C15H19N3O2S. The van der Waals surface area contributed by atoms with Crippen LogP contribution < -0.4 is 10.5 Å². The van der Waals surface area contributed by atoms with Crippen LogP contribution in [0, 0.1) is 5.41 Å². The van der Waals surface area contributed by atoms with Gasteiger partial charge in [-0.2, -0.15) is 4.98 Å². The van der Waals surface area contributed by atoms with E-state index in [-0.39, 0.29) is 17.6 Å². The molecule has 0 aliphatic carbocycles. The second-order valence-corrected chi connectivity index (χ2v) is 7.26. The molecule has 2 N–H and O–H groups in total. The molecule has 0 radical (unpaired) electrons. The molecule has 1 aromatic heterocycles. The van der Waals surface area contributed by atoms with E-state index in [2.05, 4.69) is 10.1 Å². The molecule has 0 spiro atoms. The average molecular weight is 305 g/mol. The summed E-state index contributed by atoms with van der Waals surface area (Å²) in [4.78, 5) is 5.57. The van der Waals surface area contributed by atoms with Crippen LogP contribution in [-0.4, -0.2) is 15.9 Å². The Balaban J connectivity index is 1.79. The van der Waals surface area contributed by atoms with Gasteiger partial charge in [-0.1, -0.05) is 38.1 Å². The number of ether oxygens (including phenoxy) is 1. The Labute approximate surface area is 128 Å². The molecule has 2 unspecified atom stereocenters. The van der Waals surface area contributed by atoms with Gasteiger partial charge in [0.15, 0.2) is 6.10 Å². The number of nitrogens with zero attached hydrogens (tertiary/aromatic N) is 2. The van der Waals surface area contributed by atoms with Gasteiger partial charge < -0.3 is 15.0 Å². The molecule has 0 saturated carbocycles. The highest BCUT2D eigenvalue weighted by Crippen LogP contribution is 2.39. The average Bonchev–Trinajstić information content (AvgIpc) is 2.94. The maximum Gasteiger partial charge on any atom is 0.244 e. The van der Waals surface area contributed by atoms with Gasteiger partial charge in [-0.3, -0.25) is 0 Å². The van der Waals surface area contributed by atoms with Crippen molar-refractivity contribution in [3.8, 4) is 5.75 Å². The van der Waals surface area contributed by atoms with Crippen molar-refractivity contribution in [1.29, 1.82) is 0 Å². The van der Waals surface area contributed by atoms with Crippen LogP contribution in [0.25, 0.3) is 0 Å². The molecule has 0 saturated heterocycles. The smallest absolute Gasteiger partial charge is 0.244 e. The Bertz CT molecular complexity index is 636. The van der Waals surface area contributed by atoms with Gasteiger partial charge in [0.2, 0.25) is 11.7 Å². The lowest BCUT2D eigenvalue weighted by atomic mass is 9.87. The van der Waals surface area contributed by atoms with Gasteiger partial charge in [0.05, 0.1) is 6.04 Å². The van der Waals surface area contributed by atoms with E-state index in [9.17, 15) is 0 Å². The third kappa shape index (κ3) is 2.91. The number of fused-ring (bicyclic) bond motifs is 1. The van der Waals surface area contributed by atoms with Gasteiger partial charge in [0, 0.05) is 10.6 Å². The van der Waals surface area contributed by atoms with E-state index in [0.717, 1.165) is 16.4 Å². The summed E-state index contributed by atoms with van der Waals surface area (Å²) >= 11 is 1.74. The lowest BCUT2D eigenvalue weighted by Crippen LogP contribution is -2.26. The Morgan fingerprint density at radius 1 is 1.33 bits per heavy atom. The first-order valence-corrected chi connectivity index (χ1v) is 7.91. The number of para-hydroxylation sites is 1. The van der Waals surface area contributed by atoms with Crippen molar-refractivity contribution in [2.75, 3.05) is 5.75 Å². The molecule has 1 aliphatic heterocycles. The number of rotatable bonds is 2. The minimum Gasteiger partial charge on any atom is -0.480 e. The normalized spacial score (nSPS) is 19.7. The summed E-state index contributed by atoms with van der Waals surface area (Å²) in [5, 5.41) is 4.04. The SMILES string of the molecule is CC(C)(C)C(N)c1nc(C2CSc3ccccc3O2)no1. The molecule has 0 fully saturated rings. The highest BCUT2D eigenvalue weighted by molar-refractivity contribution is 7.99. The van der Waals surface area contributed by atoms with Crippen LogP contribution in [0.1, 0.15) is 44.6 Å². The molecular weight excluding hydrogens is 286 g/mol. The fourth-order valence-electron chi connectivity index (χ4n) is 2.02. The molecule has 1 aromatic carbocycles. The predicted molar refractivity (Wildman–Crippen MR) is 81.2 cm³/mol. The molecule has 112 valence electrons. The quantitative estimate of drug-likeness (QED) is 0.917. The topological polar surface area (TPSA) is 74.2 Å². The summed E-state index contributed by atoms with van der Waals surface area (Å²) in [7, 11) is 0. The molecule has 0 amide bonds. The Kier molecular flexibility index (Phi) is 3.67. The number of benzene rings is 1. The number of aromatic nitrogens is 2. The molecule has 2 atom stereocenters. The monoisotopic (exact) mass is 305 g/mol. The van der Waals surface area contributed by atoms with Crippen molar-refractivity contribution in [1.82, 2.24) is 10.1 Å². The molecule has 1 aliphatic rings. The fraction of sp³-hybridized carbons (Fsp3) is 0.467. The van der Waals surface area contributed by atoms with E-state index in [1.807, 2.05) is 45.0 Å². The van der Waals surface area contributed by atoms with E-state index < -0.39 is 0 Å². The molecule has 5 nitrogen and oxygen atoms in total. The number of nitrogens with two attached hydrogens (primary N) is 1. The maximum absolute atomic E-state index is 6.15. The van der Waals surface area contributed by atoms with Crippen LogP contribution >= 0.6 is 11.8 Å². The lowest BCUT2D eigenvalue weighted by molar-refractivity contribution is 0.204. The summed E-state index contributed by atoms with van der Waals surface area (Å²) < 4.78 is 11.3. The fourth-order valence-corrected chi connectivity index (χ4v) is 3.00. The number of thioether (sulfide) groups is 1. The summed E-state index contributed by atoms with van der Waals surface area (Å²) in [6, 6.07) is 7.68. The lowest BCUT2D eigenvalue weighted by Gasteiger charge is -2.24. The van der Waals surface area contributed by atoms with E-state index >= 15 is 0 Å². The van der Waals surface area contributed by atoms with Gasteiger partial charge in [-0.25, -0.2) is 0 Å². The summed E-state index contributed by atoms with van der Waals surface area (Å²) in [5.74, 6) is 2.66. The van der Waals surface area contributed by atoms with Crippen molar-refractivity contribution in [3.63, 3.8) is 0 Å². The summed E-state index contributed by atoms with van der Waals surface area (Å²) in [6.45, 7) is 6.14. The van der Waals surface area contributed by atoms with Crippen LogP contribution in [-0.2, 0) is 0 Å². The van der Waals surface area contributed by atoms with Crippen molar-refractivity contribution in [2.45, 2.75) is 37.8 Å². The van der Waals surface area contributed by atoms with E-state index in [1.165, 1.54) is 0 Å². The predicted octanol–water partition coefficient (Wildman–Crippen LogP) is 3.34. The zero-order valence-corrected chi connectivity index (χ0v) is 13.2. The zero-order valence-electron chi connectivity index (χ0n) is 12.4. The first-order valence-electron chi connectivity index (χ1n) is 6.93. The first kappa shape index (κ1) is 14.4. The van der Waals surface area contributed by atoms with E-state index in [0.29, 0.717) is 11.7 Å². The van der Waals surface area contributed by atoms with Crippen molar-refractivity contribution >= 4 is 11.8 Å². The van der Waals surface area contributed by atoms with Gasteiger partial charge >= 0.3 is 0 Å². The molecule has 0 bridgehead atoms. The largest absolute Gasteiger partial charge is 0.480 e. The highest BCUT2D eigenvalue weighted by Gasteiger charge is 2.31. The van der Waals surface area contributed by atoms with E-state index in [1.54, 1.807) is 11.8 Å². The molecule has 3 rings (SSSR count). The van der Waals surface area contributed by atoms with Crippen LogP contribution in [0.2, 0.25) is 0 Å². The van der Waals surface area contributed by atoms with Crippen LogP contribution in [0.3, 0.4) is 0 Å². The Hall–Kier alpha value is -1.53. The molecule has 21 heavy (non-hydrogen) atoms. The zero-order chi connectivity index (χ0) is 15.0. The Morgan fingerprint density at radius 2 is 2.10 bits per heavy atom. The van der Waals surface area contributed by atoms with Crippen molar-refractivity contribution in [2.24, 2.45) is 11.1 Å². The maximum atomic E-state index is 6.15. The molecule has 6 heteroatoms. The van der Waals surface area contributed by atoms with Gasteiger partial charge in [0.25, 0.3) is 0 Å². The minimum absolute atomic E-state index is 0.126. The summed E-state index contributed by atoms with van der Waals surface area (Å²) in [6.07, 6.45) is -0.199. The van der Waals surface area contributed by atoms with Crippen LogP contribution in [0.15, 0.2) is 33.7 Å². The van der Waals surface area contributed by atoms with Crippen LogP contribution in [0.4, 0.5) is 0 Å². The standard InChI is InChI=1S/C15H19N3O2S/c1-15(2,3)12(16)14-17-13(18-20-14)10-8-21-11-7-5-4-6-9(11)19-10/h4-7,10,12H,8,16H2,1-3H3. The second kappa shape index (κ2) is 5.35. The third-order valence-corrected chi connectivity index (χ3v) is 4.57. The second-order valence-electron chi connectivity index (χ2n) is 6.20. The molecule has 2 aromatic rings. The number of hydrogen-bond donors (Lipinski definition) is 1. The number of hydrogen-bond acceptors (Lipinski definition) is 6. The van der Waals surface area contributed by atoms with Crippen molar-refractivity contribution in [3.05, 3.63) is 36.0 Å². The van der Waals surface area contributed by atoms with Gasteiger partial charge in [0.1, 0.15) is 5.75 Å². The van der Waals surface area contributed by atoms with Gasteiger partial charge in [-0.15, -0.1) is 11.8 Å². The highest BCUT2D eigenvalue weighted by atomic mass is 32.2. The first-order chi connectivity index (χ1) is 9.95. The van der Waals surface area contributed by atoms with E-state index in [4.69, 9.17) is 15.0 Å². The minimum atomic E-state index is -0.290. The van der Waals surface area contributed by atoms with Crippen LogP contribution in [0.5, 0.6) is 5.75 Å². The Morgan fingerprint density at radius 3 is 2.86 bits per heavy atom. The molecule has 2 heterocycles. The summed E-state index contributed by atoms with van der Waals surface area (Å²) in [5.41, 5.74) is 6.02. The van der Waals surface area contributed by atoms with Gasteiger partial charge in [-0.05, 0) is 17.5 Å². The third-order valence-electron chi connectivity index (χ3n) is 3.45. The van der Waals surface area contributed by atoms with Crippen molar-refractivity contribution < 1.29 is 9.26 Å².